The number of hydrogen-bond acceptors (Lipinski definition) is 5. The van der Waals surface area contributed by atoms with Gasteiger partial charge in [-0.15, -0.1) is 0 Å². The molecule has 2 aromatic carbocycles. The van der Waals surface area contributed by atoms with E-state index in [2.05, 4.69) is 19.9 Å². The zero-order chi connectivity index (χ0) is 21.1. The number of aromatic nitrogens is 4. The Morgan fingerprint density at radius 1 is 1.03 bits per heavy atom. The molecule has 2 aromatic heterocycles. The van der Waals surface area contributed by atoms with Crippen molar-refractivity contribution in [2.45, 2.75) is 31.7 Å². The predicted molar refractivity (Wildman–Crippen MR) is 117 cm³/mol. The van der Waals surface area contributed by atoms with Crippen LogP contribution in [0.1, 0.15) is 24.0 Å². The van der Waals surface area contributed by atoms with E-state index in [1.165, 1.54) is 0 Å². The fraction of sp³-hybridized carbons (Fsp3) is 0.273. The average molecular weight is 424 g/mol. The third-order valence-electron chi connectivity index (χ3n) is 5.03. The second-order valence-electron chi connectivity index (χ2n) is 7.38. The lowest BCUT2D eigenvalue weighted by atomic mass is 10.2. The first-order valence-corrected chi connectivity index (χ1v) is 11.5. The molecule has 0 aliphatic rings. The lowest BCUT2D eigenvalue weighted by molar-refractivity contribution is 0.302. The maximum Gasteiger partial charge on any atom is 0.228 e. The van der Waals surface area contributed by atoms with Crippen LogP contribution in [0.4, 0.5) is 0 Å². The fourth-order valence-corrected chi connectivity index (χ4v) is 4.49. The number of imidazole rings is 2. The monoisotopic (exact) mass is 423 g/mol. The molecule has 0 atom stereocenters. The first-order valence-electron chi connectivity index (χ1n) is 9.89. The molecule has 0 unspecified atom stereocenters. The van der Waals surface area contributed by atoms with Gasteiger partial charge in [0.2, 0.25) is 15.0 Å². The Hall–Kier alpha value is -2.97. The number of para-hydroxylation sites is 2. The molecule has 0 aliphatic heterocycles. The number of rotatable bonds is 8. The van der Waals surface area contributed by atoms with Gasteiger partial charge in [-0.25, -0.2) is 18.4 Å². The van der Waals surface area contributed by atoms with Crippen LogP contribution >= 0.6 is 0 Å². The summed E-state index contributed by atoms with van der Waals surface area (Å²) in [7, 11) is -1.44. The number of fused-ring (bicyclic) bond motifs is 1. The van der Waals surface area contributed by atoms with E-state index in [0.717, 1.165) is 28.1 Å². The van der Waals surface area contributed by atoms with Crippen molar-refractivity contribution in [3.8, 4) is 0 Å². The van der Waals surface area contributed by atoms with Crippen molar-refractivity contribution in [1.29, 1.82) is 0 Å². The summed E-state index contributed by atoms with van der Waals surface area (Å²) >= 11 is 0. The van der Waals surface area contributed by atoms with Crippen molar-refractivity contribution in [2.24, 2.45) is 0 Å². The molecule has 0 fully saturated rings. The summed E-state index contributed by atoms with van der Waals surface area (Å²) < 4.78 is 27.0. The number of aromatic amines is 1. The van der Waals surface area contributed by atoms with Gasteiger partial charge in [-0.05, 0) is 24.7 Å². The summed E-state index contributed by atoms with van der Waals surface area (Å²) in [5, 5.41) is 0.126. The van der Waals surface area contributed by atoms with Crippen LogP contribution in [0.3, 0.4) is 0 Å². The van der Waals surface area contributed by atoms with Crippen molar-refractivity contribution in [3.05, 3.63) is 77.9 Å². The van der Waals surface area contributed by atoms with Crippen molar-refractivity contribution in [1.82, 2.24) is 24.4 Å². The summed E-state index contributed by atoms with van der Waals surface area (Å²) in [6.07, 6.45) is 1.67. The number of nitrogens with one attached hydrogen (secondary N) is 1. The van der Waals surface area contributed by atoms with Gasteiger partial charge >= 0.3 is 0 Å². The van der Waals surface area contributed by atoms with Gasteiger partial charge in [-0.2, -0.15) is 0 Å². The van der Waals surface area contributed by atoms with Crippen LogP contribution in [-0.4, -0.2) is 45.6 Å². The fourth-order valence-electron chi connectivity index (χ4n) is 3.50. The van der Waals surface area contributed by atoms with Gasteiger partial charge in [-0.1, -0.05) is 49.4 Å². The Kier molecular flexibility index (Phi) is 5.69. The van der Waals surface area contributed by atoms with Crippen molar-refractivity contribution < 1.29 is 8.42 Å². The number of H-pyrrole nitrogens is 1. The van der Waals surface area contributed by atoms with Crippen molar-refractivity contribution >= 4 is 20.9 Å². The lowest BCUT2D eigenvalue weighted by Gasteiger charge is -2.18. The van der Waals surface area contributed by atoms with Gasteiger partial charge in [-0.3, -0.25) is 4.90 Å². The first kappa shape index (κ1) is 20.3. The highest BCUT2D eigenvalue weighted by atomic mass is 32.2. The Balaban J connectivity index is 1.59. The van der Waals surface area contributed by atoms with E-state index in [1.54, 1.807) is 13.1 Å². The minimum absolute atomic E-state index is 0.0209. The topological polar surface area (TPSA) is 83.9 Å². The molecule has 156 valence electrons. The van der Waals surface area contributed by atoms with E-state index in [-0.39, 0.29) is 10.9 Å². The summed E-state index contributed by atoms with van der Waals surface area (Å²) in [6, 6.07) is 17.8. The quantitative estimate of drug-likeness (QED) is 0.470. The number of nitrogens with zero attached hydrogens (tertiary/aromatic N) is 4. The molecule has 30 heavy (non-hydrogen) atoms. The van der Waals surface area contributed by atoms with Gasteiger partial charge in [0.1, 0.15) is 5.82 Å². The second-order valence-corrected chi connectivity index (χ2v) is 9.55. The second kappa shape index (κ2) is 8.41. The molecule has 7 nitrogen and oxygen atoms in total. The molecular formula is C22H25N5O2S. The molecule has 8 heteroatoms. The number of sulfone groups is 1. The molecule has 4 rings (SSSR count). The van der Waals surface area contributed by atoms with Crippen LogP contribution in [0.15, 0.2) is 66.0 Å². The highest BCUT2D eigenvalue weighted by Crippen LogP contribution is 2.18. The largest absolute Gasteiger partial charge is 0.341 e. The highest BCUT2D eigenvalue weighted by molar-refractivity contribution is 7.91. The molecular weight excluding hydrogens is 398 g/mol. The third-order valence-corrected chi connectivity index (χ3v) is 6.68. The van der Waals surface area contributed by atoms with E-state index < -0.39 is 9.84 Å². The molecule has 0 radical (unpaired) electrons. The molecule has 0 bridgehead atoms. The normalized spacial score (nSPS) is 12.1. The summed E-state index contributed by atoms with van der Waals surface area (Å²) in [6.45, 7) is 3.27. The van der Waals surface area contributed by atoms with E-state index in [4.69, 9.17) is 0 Å². The molecule has 0 saturated heterocycles. The molecule has 0 spiro atoms. The van der Waals surface area contributed by atoms with Crippen LogP contribution in [-0.2, 0) is 29.5 Å². The average Bonchev–Trinajstić information content (AvgIpc) is 3.32. The van der Waals surface area contributed by atoms with Gasteiger partial charge in [0, 0.05) is 6.54 Å². The zero-order valence-corrected chi connectivity index (χ0v) is 17.9. The maximum atomic E-state index is 12.6. The van der Waals surface area contributed by atoms with E-state index >= 15 is 0 Å². The van der Waals surface area contributed by atoms with Gasteiger partial charge < -0.3 is 9.55 Å². The van der Waals surface area contributed by atoms with Crippen LogP contribution in [0.5, 0.6) is 0 Å². The minimum atomic E-state index is -3.43. The SMILES string of the molecule is CCS(=O)(=O)c1ncc(CN(C)Cc2nc3ccccc3[nH]2)n1Cc1ccccc1. The van der Waals surface area contributed by atoms with Crippen LogP contribution < -0.4 is 0 Å². The smallest absolute Gasteiger partial charge is 0.228 e. The Bertz CT molecular complexity index is 1210. The van der Waals surface area contributed by atoms with Crippen LogP contribution in [0.25, 0.3) is 11.0 Å². The van der Waals surface area contributed by atoms with Crippen LogP contribution in [0, 0.1) is 0 Å². The predicted octanol–water partition coefficient (Wildman–Crippen LogP) is 3.23. The van der Waals surface area contributed by atoms with Gasteiger partial charge in [0.15, 0.2) is 0 Å². The lowest BCUT2D eigenvalue weighted by Crippen LogP contribution is -2.22. The molecule has 2 heterocycles. The van der Waals surface area contributed by atoms with Crippen molar-refractivity contribution in [3.63, 3.8) is 0 Å². The van der Waals surface area contributed by atoms with Crippen molar-refractivity contribution in [2.75, 3.05) is 12.8 Å². The maximum absolute atomic E-state index is 12.6. The minimum Gasteiger partial charge on any atom is -0.341 e. The zero-order valence-electron chi connectivity index (χ0n) is 17.1. The third kappa shape index (κ3) is 4.29. The summed E-state index contributed by atoms with van der Waals surface area (Å²) in [4.78, 5) is 14.3. The standard InChI is InChI=1S/C22H25N5O2S/c1-3-30(28,29)22-23-13-18(27(22)14-17-9-5-4-6-10-17)15-26(2)16-21-24-19-11-7-8-12-20(19)25-21/h4-13H,3,14-16H2,1-2H3,(H,24,25). The van der Waals surface area contributed by atoms with Gasteiger partial charge in [0.05, 0.1) is 41.8 Å². The van der Waals surface area contributed by atoms with E-state index in [1.807, 2.05) is 66.2 Å². The number of hydrogen-bond donors (Lipinski definition) is 1. The molecule has 4 aromatic rings. The molecule has 0 amide bonds. The van der Waals surface area contributed by atoms with Crippen LogP contribution in [0.2, 0.25) is 0 Å². The Morgan fingerprint density at radius 2 is 1.77 bits per heavy atom. The highest BCUT2D eigenvalue weighted by Gasteiger charge is 2.22. The molecule has 0 saturated carbocycles. The van der Waals surface area contributed by atoms with Gasteiger partial charge in [0.25, 0.3) is 0 Å². The first-order chi connectivity index (χ1) is 14.5. The Morgan fingerprint density at radius 3 is 2.50 bits per heavy atom. The number of benzene rings is 2. The molecule has 1 N–H and O–H groups in total. The molecule has 0 aliphatic carbocycles. The summed E-state index contributed by atoms with van der Waals surface area (Å²) in [5.74, 6) is 0.891. The van der Waals surface area contributed by atoms with E-state index in [9.17, 15) is 8.42 Å². The summed E-state index contributed by atoms with van der Waals surface area (Å²) in [5.41, 5.74) is 3.83. The van der Waals surface area contributed by atoms with E-state index in [0.29, 0.717) is 19.6 Å². The Labute approximate surface area is 176 Å².